The zero-order valence-electron chi connectivity index (χ0n) is 11.3. The smallest absolute Gasteiger partial charge is 0.334 e. The van der Waals surface area contributed by atoms with E-state index in [4.69, 9.17) is 0 Å². The first kappa shape index (κ1) is 15.2. The predicted molar refractivity (Wildman–Crippen MR) is 71.5 cm³/mol. The number of nitrogens with zero attached hydrogens (tertiary/aromatic N) is 3. The summed E-state index contributed by atoms with van der Waals surface area (Å²) in [6.07, 6.45) is 0. The number of likely N-dealkylation sites (N-methyl/N-ethyl adjacent to an activating group) is 2. The number of halogens is 1. The molecule has 0 heterocycles. The van der Waals surface area contributed by atoms with Crippen molar-refractivity contribution in [1.82, 2.24) is 4.90 Å². The lowest BCUT2D eigenvalue weighted by Crippen LogP contribution is -2.28. The van der Waals surface area contributed by atoms with Crippen LogP contribution in [0, 0.1) is 10.1 Å². The highest BCUT2D eigenvalue weighted by molar-refractivity contribution is 5.69. The van der Waals surface area contributed by atoms with Crippen LogP contribution in [0.5, 0.6) is 5.75 Å². The molecule has 0 amide bonds. The van der Waals surface area contributed by atoms with E-state index >= 15 is 0 Å². The summed E-state index contributed by atoms with van der Waals surface area (Å²) < 4.78 is 16.9. The van der Waals surface area contributed by atoms with Gasteiger partial charge in [0.25, 0.3) is 0 Å². The minimum Gasteiger partial charge on any atom is -0.456 e. The number of benzene rings is 1. The van der Waals surface area contributed by atoms with Gasteiger partial charge in [-0.3, -0.25) is 10.1 Å². The summed E-state index contributed by atoms with van der Waals surface area (Å²) in [4.78, 5) is 14.3. The minimum atomic E-state index is -1.09. The van der Waals surface area contributed by atoms with Crippen molar-refractivity contribution in [1.29, 1.82) is 0 Å². The van der Waals surface area contributed by atoms with E-state index in [2.05, 4.69) is 4.74 Å². The van der Waals surface area contributed by atoms with E-state index in [0.29, 0.717) is 12.2 Å². The number of para-hydroxylation sites is 1. The maximum absolute atomic E-state index is 12.2. The summed E-state index contributed by atoms with van der Waals surface area (Å²) in [5.41, 5.74) is 0.208. The molecule has 0 saturated heterocycles. The second kappa shape index (κ2) is 6.89. The Morgan fingerprint density at radius 2 is 2.00 bits per heavy atom. The molecule has 0 aliphatic carbocycles. The van der Waals surface area contributed by atoms with E-state index in [9.17, 15) is 14.5 Å². The topological polar surface area (TPSA) is 58.8 Å². The van der Waals surface area contributed by atoms with Gasteiger partial charge in [0.05, 0.1) is 4.92 Å². The Morgan fingerprint density at radius 3 is 2.53 bits per heavy atom. The number of anilines is 1. The average molecular weight is 271 g/mol. The molecule has 1 rings (SSSR count). The number of nitro benzene ring substituents is 1. The summed E-state index contributed by atoms with van der Waals surface area (Å²) >= 11 is 0. The van der Waals surface area contributed by atoms with Crippen molar-refractivity contribution < 1.29 is 14.1 Å². The van der Waals surface area contributed by atoms with E-state index in [0.717, 1.165) is 6.54 Å². The first-order chi connectivity index (χ1) is 8.97. The Balaban J connectivity index is 3.04. The highest BCUT2D eigenvalue weighted by Crippen LogP contribution is 2.36. The van der Waals surface area contributed by atoms with Crippen molar-refractivity contribution in [2.24, 2.45) is 0 Å². The van der Waals surface area contributed by atoms with Gasteiger partial charge in [0, 0.05) is 20.1 Å². The highest BCUT2D eigenvalue weighted by Gasteiger charge is 2.23. The first-order valence-electron chi connectivity index (χ1n) is 5.79. The fourth-order valence-electron chi connectivity index (χ4n) is 1.65. The molecule has 0 aromatic heterocycles. The van der Waals surface area contributed by atoms with Gasteiger partial charge in [-0.2, -0.15) is 0 Å². The summed E-state index contributed by atoms with van der Waals surface area (Å²) in [6.45, 7) is 0.278. The van der Waals surface area contributed by atoms with Crippen LogP contribution >= 0.6 is 0 Å². The Bertz CT molecular complexity index is 440. The van der Waals surface area contributed by atoms with E-state index in [1.165, 1.54) is 6.07 Å². The fraction of sp³-hybridized carbons (Fsp3) is 0.500. The van der Waals surface area contributed by atoms with Crippen molar-refractivity contribution in [2.45, 2.75) is 0 Å². The molecule has 0 aliphatic rings. The molecule has 0 bridgehead atoms. The van der Waals surface area contributed by atoms with Crippen molar-refractivity contribution in [2.75, 3.05) is 46.0 Å². The van der Waals surface area contributed by atoms with Crippen LogP contribution in [0.25, 0.3) is 0 Å². The Hall–Kier alpha value is -1.89. The molecular weight excluding hydrogens is 253 g/mol. The standard InChI is InChI=1S/C12H18FN3O3/c1-14(2)7-8-15(3)10-5-4-6-11(19-9-13)12(10)16(17)18/h4-6H,7-9H2,1-3H3. The van der Waals surface area contributed by atoms with Gasteiger partial charge in [-0.25, -0.2) is 4.39 Å². The third-order valence-corrected chi connectivity index (χ3v) is 2.66. The van der Waals surface area contributed by atoms with Crippen LogP contribution in [-0.2, 0) is 0 Å². The van der Waals surface area contributed by atoms with E-state index in [1.807, 2.05) is 19.0 Å². The quantitative estimate of drug-likeness (QED) is 0.560. The lowest BCUT2D eigenvalue weighted by molar-refractivity contribution is -0.385. The maximum Gasteiger partial charge on any atom is 0.334 e. The molecule has 1 aromatic carbocycles. The maximum atomic E-state index is 12.2. The van der Waals surface area contributed by atoms with Crippen LogP contribution < -0.4 is 9.64 Å². The van der Waals surface area contributed by atoms with Crippen LogP contribution in [-0.4, -0.2) is 50.9 Å². The second-order valence-electron chi connectivity index (χ2n) is 4.36. The van der Waals surface area contributed by atoms with Crippen LogP contribution in [0.3, 0.4) is 0 Å². The molecule has 6 nitrogen and oxygen atoms in total. The molecule has 0 atom stereocenters. The Kier molecular flexibility index (Phi) is 5.50. The molecule has 1 aromatic rings. The molecule has 7 heteroatoms. The number of alkyl halides is 1. The van der Waals surface area contributed by atoms with Crippen molar-refractivity contribution in [3.05, 3.63) is 28.3 Å². The van der Waals surface area contributed by atoms with Gasteiger partial charge < -0.3 is 14.5 Å². The van der Waals surface area contributed by atoms with Crippen molar-refractivity contribution in [3.8, 4) is 5.75 Å². The van der Waals surface area contributed by atoms with Crippen LogP contribution in [0.4, 0.5) is 15.8 Å². The number of hydrogen-bond donors (Lipinski definition) is 0. The second-order valence-corrected chi connectivity index (χ2v) is 4.36. The highest BCUT2D eigenvalue weighted by atomic mass is 19.1. The zero-order valence-corrected chi connectivity index (χ0v) is 11.3. The Morgan fingerprint density at radius 1 is 1.32 bits per heavy atom. The van der Waals surface area contributed by atoms with Crippen LogP contribution in [0.15, 0.2) is 18.2 Å². The molecule has 0 fully saturated rings. The van der Waals surface area contributed by atoms with E-state index in [1.54, 1.807) is 24.1 Å². The van der Waals surface area contributed by atoms with Crippen molar-refractivity contribution in [3.63, 3.8) is 0 Å². The third kappa shape index (κ3) is 4.06. The summed E-state index contributed by atoms with van der Waals surface area (Å²) in [6, 6.07) is 4.62. The monoisotopic (exact) mass is 271 g/mol. The molecule has 0 unspecified atom stereocenters. The average Bonchev–Trinajstić information content (AvgIpc) is 2.35. The summed E-state index contributed by atoms with van der Waals surface area (Å²) in [5.74, 6) is -0.0540. The molecule has 106 valence electrons. The van der Waals surface area contributed by atoms with Gasteiger partial charge >= 0.3 is 5.69 Å². The molecule has 0 N–H and O–H groups in total. The number of ether oxygens (including phenoxy) is 1. The third-order valence-electron chi connectivity index (χ3n) is 2.66. The SMILES string of the molecule is CN(C)CCN(C)c1cccc(OCF)c1[N+](=O)[O-]. The minimum absolute atomic E-state index is 0.0540. The van der Waals surface area contributed by atoms with Gasteiger partial charge in [0.2, 0.25) is 12.6 Å². The fourth-order valence-corrected chi connectivity index (χ4v) is 1.65. The van der Waals surface area contributed by atoms with Crippen molar-refractivity contribution >= 4 is 11.4 Å². The lowest BCUT2D eigenvalue weighted by atomic mass is 10.2. The molecule has 19 heavy (non-hydrogen) atoms. The van der Waals surface area contributed by atoms with Gasteiger partial charge in [0.15, 0.2) is 0 Å². The summed E-state index contributed by atoms with van der Waals surface area (Å²) in [7, 11) is 5.60. The van der Waals surface area contributed by atoms with Gasteiger partial charge in [0.1, 0.15) is 5.69 Å². The number of hydrogen-bond acceptors (Lipinski definition) is 5. The predicted octanol–water partition coefficient (Wildman–Crippen LogP) is 1.90. The van der Waals surface area contributed by atoms with E-state index in [-0.39, 0.29) is 11.4 Å². The normalized spacial score (nSPS) is 10.6. The van der Waals surface area contributed by atoms with Crippen LogP contribution in [0.2, 0.25) is 0 Å². The molecular formula is C12H18FN3O3. The number of nitro groups is 1. The Labute approximate surface area is 111 Å². The molecule has 0 spiro atoms. The first-order valence-corrected chi connectivity index (χ1v) is 5.79. The van der Waals surface area contributed by atoms with Gasteiger partial charge in [-0.15, -0.1) is 0 Å². The molecule has 0 aliphatic heterocycles. The van der Waals surface area contributed by atoms with Gasteiger partial charge in [-0.1, -0.05) is 6.07 Å². The summed E-state index contributed by atoms with van der Waals surface area (Å²) in [5, 5.41) is 11.1. The molecule has 0 radical (unpaired) electrons. The zero-order chi connectivity index (χ0) is 14.4. The largest absolute Gasteiger partial charge is 0.456 e. The van der Waals surface area contributed by atoms with Crippen LogP contribution in [0.1, 0.15) is 0 Å². The number of rotatable bonds is 7. The van der Waals surface area contributed by atoms with E-state index < -0.39 is 11.8 Å². The lowest BCUT2D eigenvalue weighted by Gasteiger charge is -2.21. The molecule has 0 saturated carbocycles. The van der Waals surface area contributed by atoms with Gasteiger partial charge in [-0.05, 0) is 26.2 Å².